The number of hydrogen-bond donors (Lipinski definition) is 1. The quantitative estimate of drug-likeness (QED) is 0.225. The number of aromatic nitrogens is 4. The van der Waals surface area contributed by atoms with Gasteiger partial charge in [0.05, 0.1) is 21.8 Å². The number of aromatic amines is 1. The van der Waals surface area contributed by atoms with Gasteiger partial charge < -0.3 is 4.90 Å². The van der Waals surface area contributed by atoms with E-state index in [9.17, 15) is 39.5 Å². The number of H-pyrrole nitrogens is 1. The van der Waals surface area contributed by atoms with Crippen molar-refractivity contribution in [3.05, 3.63) is 69.8 Å². The van der Waals surface area contributed by atoms with Crippen LogP contribution in [0.4, 0.5) is 45.5 Å². The first-order valence-corrected chi connectivity index (χ1v) is 13.3. The summed E-state index contributed by atoms with van der Waals surface area (Å²) in [6.45, 7) is 2.57. The average molecular weight is 610 g/mol. The summed E-state index contributed by atoms with van der Waals surface area (Å²) < 4.78 is 123. The first-order valence-electron chi connectivity index (χ1n) is 13.3. The van der Waals surface area contributed by atoms with Gasteiger partial charge in [-0.25, -0.2) is 0 Å². The summed E-state index contributed by atoms with van der Waals surface area (Å²) >= 11 is 0. The van der Waals surface area contributed by atoms with Crippen molar-refractivity contribution in [3.8, 4) is 0 Å². The van der Waals surface area contributed by atoms with Gasteiger partial charge in [0, 0.05) is 24.2 Å². The zero-order chi connectivity index (χ0) is 30.9. The number of tetrazole rings is 1. The van der Waals surface area contributed by atoms with E-state index in [1.54, 1.807) is 0 Å². The van der Waals surface area contributed by atoms with Gasteiger partial charge in [0.2, 0.25) is 0 Å². The van der Waals surface area contributed by atoms with E-state index >= 15 is 0 Å². The summed E-state index contributed by atoms with van der Waals surface area (Å²) in [6.07, 6.45) is -11.3. The minimum atomic E-state index is -5.06. The second-order valence-corrected chi connectivity index (χ2v) is 10.3. The van der Waals surface area contributed by atoms with E-state index < -0.39 is 41.8 Å². The van der Waals surface area contributed by atoms with Crippen molar-refractivity contribution in [2.24, 2.45) is 7.05 Å². The molecular formula is C27H30F9N6+. The molecule has 0 bridgehead atoms. The van der Waals surface area contributed by atoms with E-state index in [1.165, 1.54) is 18.0 Å². The largest absolute Gasteiger partial charge is 0.416 e. The highest BCUT2D eigenvalue weighted by molar-refractivity contribution is 5.42. The van der Waals surface area contributed by atoms with Crippen molar-refractivity contribution < 1.29 is 44.3 Å². The van der Waals surface area contributed by atoms with Gasteiger partial charge >= 0.3 is 24.5 Å². The maximum Gasteiger partial charge on any atom is 0.416 e. The highest BCUT2D eigenvalue weighted by Gasteiger charge is 2.38. The molecule has 1 saturated heterocycles. The van der Waals surface area contributed by atoms with Gasteiger partial charge in [-0.15, -0.1) is 0 Å². The molecule has 1 aromatic heterocycles. The van der Waals surface area contributed by atoms with E-state index in [4.69, 9.17) is 0 Å². The molecule has 1 unspecified atom stereocenters. The predicted molar refractivity (Wildman–Crippen MR) is 134 cm³/mol. The molecule has 0 aliphatic carbocycles. The van der Waals surface area contributed by atoms with Crippen molar-refractivity contribution in [1.82, 2.24) is 20.3 Å². The number of hydrogen-bond acceptors (Lipinski definition) is 4. The van der Waals surface area contributed by atoms with E-state index in [0.29, 0.717) is 24.1 Å². The van der Waals surface area contributed by atoms with Crippen LogP contribution in [0.3, 0.4) is 0 Å². The van der Waals surface area contributed by atoms with Crippen LogP contribution >= 0.6 is 0 Å². The Bertz CT molecular complexity index is 1330. The molecule has 230 valence electrons. The number of alkyl halides is 9. The number of halogens is 9. The number of likely N-dealkylation sites (tertiary alicyclic amines) is 1. The third-order valence-corrected chi connectivity index (χ3v) is 7.25. The first-order chi connectivity index (χ1) is 19.6. The Balaban J connectivity index is 1.81. The highest BCUT2D eigenvalue weighted by Crippen LogP contribution is 2.38. The van der Waals surface area contributed by atoms with Crippen molar-refractivity contribution in [1.29, 1.82) is 0 Å². The minimum absolute atomic E-state index is 0.0238. The molecule has 1 aliphatic rings. The van der Waals surface area contributed by atoms with Crippen LogP contribution in [0.25, 0.3) is 0 Å². The van der Waals surface area contributed by atoms with Gasteiger partial charge in [-0.05, 0) is 84.6 Å². The molecule has 6 nitrogen and oxygen atoms in total. The predicted octanol–water partition coefficient (Wildman–Crippen LogP) is 6.83. The zero-order valence-electron chi connectivity index (χ0n) is 22.8. The van der Waals surface area contributed by atoms with Gasteiger partial charge in [0.1, 0.15) is 7.05 Å². The third-order valence-electron chi connectivity index (χ3n) is 7.25. The molecule has 0 spiro atoms. The SMILES string of the molecule is CCC(c1ccc(C(F)(F)F)cc1CN(Cc1cc(C(F)(F)F)cc(C(F)(F)F)c1)c1n[nH][n+](C)n1)N1CCCCC1. The van der Waals surface area contributed by atoms with Crippen molar-refractivity contribution in [3.63, 3.8) is 0 Å². The van der Waals surface area contributed by atoms with Crippen LogP contribution in [0.15, 0.2) is 36.4 Å². The Morgan fingerprint density at radius 3 is 1.93 bits per heavy atom. The summed E-state index contributed by atoms with van der Waals surface area (Å²) in [5.74, 6) is -0.113. The normalized spacial score (nSPS) is 16.1. The molecule has 2 heterocycles. The number of rotatable bonds is 8. The Hall–Kier alpha value is -3.36. The number of nitrogens with zero attached hydrogens (tertiary/aromatic N) is 5. The van der Waals surface area contributed by atoms with Gasteiger partial charge in [-0.1, -0.05) is 24.2 Å². The molecule has 1 N–H and O–H groups in total. The van der Waals surface area contributed by atoms with Crippen LogP contribution in [0.1, 0.15) is 72.0 Å². The van der Waals surface area contributed by atoms with Crippen molar-refractivity contribution in [2.75, 3.05) is 18.0 Å². The molecule has 1 atom stereocenters. The van der Waals surface area contributed by atoms with Crippen LogP contribution in [0, 0.1) is 0 Å². The molecule has 15 heteroatoms. The van der Waals surface area contributed by atoms with Crippen LogP contribution in [0.2, 0.25) is 0 Å². The van der Waals surface area contributed by atoms with Crippen LogP contribution < -0.4 is 9.70 Å². The van der Waals surface area contributed by atoms with E-state index in [2.05, 4.69) is 20.3 Å². The molecule has 4 rings (SSSR count). The topological polar surface area (TPSA) is 51.9 Å². The summed E-state index contributed by atoms with van der Waals surface area (Å²) in [4.78, 5) is 4.61. The lowest BCUT2D eigenvalue weighted by atomic mass is 9.93. The first kappa shape index (κ1) is 31.6. The van der Waals surface area contributed by atoms with Gasteiger partial charge in [0.15, 0.2) is 0 Å². The molecular weight excluding hydrogens is 579 g/mol. The smallest absolute Gasteiger partial charge is 0.306 e. The van der Waals surface area contributed by atoms with E-state index in [-0.39, 0.29) is 35.7 Å². The number of benzene rings is 2. The van der Waals surface area contributed by atoms with Gasteiger partial charge in [-0.3, -0.25) is 4.90 Å². The Morgan fingerprint density at radius 2 is 1.43 bits per heavy atom. The highest BCUT2D eigenvalue weighted by atomic mass is 19.4. The lowest BCUT2D eigenvalue weighted by Gasteiger charge is -2.36. The fourth-order valence-corrected chi connectivity index (χ4v) is 5.31. The zero-order valence-corrected chi connectivity index (χ0v) is 22.8. The second-order valence-electron chi connectivity index (χ2n) is 10.3. The maximum absolute atomic E-state index is 13.8. The summed E-state index contributed by atoms with van der Waals surface area (Å²) in [5, 5.41) is 10.6. The lowest BCUT2D eigenvalue weighted by molar-refractivity contribution is -0.783. The van der Waals surface area contributed by atoms with Crippen LogP contribution in [0.5, 0.6) is 0 Å². The third kappa shape index (κ3) is 7.53. The molecule has 1 aliphatic heterocycles. The molecule has 0 amide bonds. The standard InChI is InChI=1S/C27H29F9N6/c1-3-23(41-9-5-4-6-10-41)22-8-7-19(25(28,29)30)13-18(22)16-42(24-37-39-40(2)38-24)15-17-11-20(26(31,32)33)14-21(12-17)27(34,35)36/h7-8,11-14,23H,3-6,9-10,15-16H2,1-2H3/p+1. The molecule has 2 aromatic carbocycles. The monoisotopic (exact) mass is 609 g/mol. The number of aryl methyl sites for hydroxylation is 1. The van der Waals surface area contributed by atoms with Crippen LogP contribution in [-0.2, 0) is 38.7 Å². The molecule has 0 radical (unpaired) electrons. The fraction of sp³-hybridized carbons (Fsp3) is 0.519. The molecule has 0 saturated carbocycles. The van der Waals surface area contributed by atoms with E-state index in [0.717, 1.165) is 49.3 Å². The number of piperidine rings is 1. The molecule has 42 heavy (non-hydrogen) atoms. The molecule has 1 fully saturated rings. The summed E-state index contributed by atoms with van der Waals surface area (Å²) in [5.41, 5.74) is -3.46. The second kappa shape index (κ2) is 12.1. The van der Waals surface area contributed by atoms with Gasteiger partial charge in [0.25, 0.3) is 0 Å². The van der Waals surface area contributed by atoms with Crippen LogP contribution in [-0.4, -0.2) is 33.4 Å². The lowest BCUT2D eigenvalue weighted by Crippen LogP contribution is -2.35. The average Bonchev–Trinajstić information content (AvgIpc) is 3.34. The Morgan fingerprint density at radius 1 is 0.833 bits per heavy atom. The van der Waals surface area contributed by atoms with Crippen molar-refractivity contribution >= 4 is 5.95 Å². The molecule has 3 aromatic rings. The number of anilines is 1. The Kier molecular flexibility index (Phi) is 9.09. The Labute approximate surface area is 236 Å². The fourth-order valence-electron chi connectivity index (χ4n) is 5.31. The van der Waals surface area contributed by atoms with E-state index in [1.807, 2.05) is 6.92 Å². The summed E-state index contributed by atoms with van der Waals surface area (Å²) in [7, 11) is 1.46. The van der Waals surface area contributed by atoms with Gasteiger partial charge in [-0.2, -0.15) is 39.5 Å². The maximum atomic E-state index is 13.8. The minimum Gasteiger partial charge on any atom is -0.306 e. The van der Waals surface area contributed by atoms with Crippen molar-refractivity contribution in [2.45, 2.75) is 70.3 Å². The summed E-state index contributed by atoms with van der Waals surface area (Å²) in [6, 6.07) is 4.34. The number of nitrogens with one attached hydrogen (secondary N) is 1.